The van der Waals surface area contributed by atoms with E-state index in [-0.39, 0.29) is 12.5 Å². The van der Waals surface area contributed by atoms with E-state index >= 15 is 0 Å². The molecule has 0 unspecified atom stereocenters. The summed E-state index contributed by atoms with van der Waals surface area (Å²) in [4.78, 5) is 11.8. The number of benzene rings is 2. The minimum atomic E-state index is -0.254. The van der Waals surface area contributed by atoms with Gasteiger partial charge in [-0.3, -0.25) is 4.79 Å². The molecular weight excluding hydrogens is 297 g/mol. The van der Waals surface area contributed by atoms with E-state index in [4.69, 9.17) is 27.9 Å². The number of amides is 1. The Labute approximate surface area is 127 Å². The van der Waals surface area contributed by atoms with Gasteiger partial charge in [-0.15, -0.1) is 0 Å². The lowest BCUT2D eigenvalue weighted by Crippen LogP contribution is -2.20. The molecule has 2 aromatic carbocycles. The summed E-state index contributed by atoms with van der Waals surface area (Å²) in [6.07, 6.45) is 0. The molecule has 0 radical (unpaired) electrons. The molecule has 0 fully saturated rings. The van der Waals surface area contributed by atoms with Gasteiger partial charge < -0.3 is 10.1 Å². The Morgan fingerprint density at radius 2 is 1.95 bits per heavy atom. The van der Waals surface area contributed by atoms with Crippen LogP contribution in [-0.4, -0.2) is 12.5 Å². The number of halogens is 2. The van der Waals surface area contributed by atoms with Crippen LogP contribution in [-0.2, 0) is 4.79 Å². The second-order valence-corrected chi connectivity index (χ2v) is 5.05. The Hall–Kier alpha value is -1.71. The number of ether oxygens (including phenoxy) is 1. The standard InChI is InChI=1S/C15H13Cl2NO2/c1-10-13(17)6-3-7-14(10)18-15(19)9-20-12-5-2-4-11(16)8-12/h2-8H,9H2,1H3,(H,18,19). The second kappa shape index (κ2) is 6.64. The Kier molecular flexibility index (Phi) is 4.88. The number of hydrogen-bond donors (Lipinski definition) is 1. The Bertz CT molecular complexity index is 629. The van der Waals surface area contributed by atoms with Gasteiger partial charge >= 0.3 is 0 Å². The van der Waals surface area contributed by atoms with Crippen LogP contribution < -0.4 is 10.1 Å². The van der Waals surface area contributed by atoms with Crippen LogP contribution in [0.5, 0.6) is 5.75 Å². The first-order valence-electron chi connectivity index (χ1n) is 5.99. The molecular formula is C15H13Cl2NO2. The summed E-state index contributed by atoms with van der Waals surface area (Å²) in [6, 6.07) is 12.2. The molecule has 0 aliphatic carbocycles. The molecule has 2 rings (SSSR count). The molecule has 1 amide bonds. The van der Waals surface area contributed by atoms with E-state index in [2.05, 4.69) is 5.32 Å². The van der Waals surface area contributed by atoms with Crippen LogP contribution >= 0.6 is 23.2 Å². The lowest BCUT2D eigenvalue weighted by atomic mass is 10.2. The fraction of sp³-hybridized carbons (Fsp3) is 0.133. The molecule has 1 N–H and O–H groups in total. The average Bonchev–Trinajstić information content (AvgIpc) is 2.42. The van der Waals surface area contributed by atoms with Crippen LogP contribution in [0.3, 0.4) is 0 Å². The molecule has 3 nitrogen and oxygen atoms in total. The molecule has 0 aromatic heterocycles. The van der Waals surface area contributed by atoms with Crippen LogP contribution in [0.25, 0.3) is 0 Å². The smallest absolute Gasteiger partial charge is 0.262 e. The zero-order valence-corrected chi connectivity index (χ0v) is 12.3. The third-order valence-electron chi connectivity index (χ3n) is 2.71. The molecule has 2 aromatic rings. The van der Waals surface area contributed by atoms with E-state index < -0.39 is 0 Å². The van der Waals surface area contributed by atoms with Gasteiger partial charge in [-0.2, -0.15) is 0 Å². The Morgan fingerprint density at radius 1 is 1.20 bits per heavy atom. The van der Waals surface area contributed by atoms with Gasteiger partial charge in [-0.05, 0) is 42.8 Å². The van der Waals surface area contributed by atoms with Gasteiger partial charge in [-0.1, -0.05) is 35.3 Å². The summed E-state index contributed by atoms with van der Waals surface area (Å²) >= 11 is 11.8. The summed E-state index contributed by atoms with van der Waals surface area (Å²) in [7, 11) is 0. The highest BCUT2D eigenvalue weighted by molar-refractivity contribution is 6.31. The molecule has 0 bridgehead atoms. The second-order valence-electron chi connectivity index (χ2n) is 4.21. The summed E-state index contributed by atoms with van der Waals surface area (Å²) in [5, 5.41) is 3.93. The van der Waals surface area contributed by atoms with Crippen molar-refractivity contribution >= 4 is 34.8 Å². The van der Waals surface area contributed by atoms with Crippen molar-refractivity contribution < 1.29 is 9.53 Å². The first kappa shape index (κ1) is 14.7. The van der Waals surface area contributed by atoms with Gasteiger partial charge in [-0.25, -0.2) is 0 Å². The van der Waals surface area contributed by atoms with Gasteiger partial charge in [0.15, 0.2) is 6.61 Å². The van der Waals surface area contributed by atoms with Crippen molar-refractivity contribution in [3.63, 3.8) is 0 Å². The van der Waals surface area contributed by atoms with Gasteiger partial charge in [0.25, 0.3) is 5.91 Å². The highest BCUT2D eigenvalue weighted by Crippen LogP contribution is 2.23. The van der Waals surface area contributed by atoms with Gasteiger partial charge in [0.1, 0.15) is 5.75 Å². The van der Waals surface area contributed by atoms with Crippen molar-refractivity contribution in [1.82, 2.24) is 0 Å². The maximum absolute atomic E-state index is 11.8. The lowest BCUT2D eigenvalue weighted by molar-refractivity contribution is -0.118. The zero-order chi connectivity index (χ0) is 14.5. The minimum Gasteiger partial charge on any atom is -0.484 e. The molecule has 0 aliphatic heterocycles. The molecule has 0 heterocycles. The SMILES string of the molecule is Cc1c(Cl)cccc1NC(=O)COc1cccc(Cl)c1. The van der Waals surface area contributed by atoms with Crippen molar-refractivity contribution in [1.29, 1.82) is 0 Å². The Balaban J connectivity index is 1.94. The van der Waals surface area contributed by atoms with Crippen molar-refractivity contribution in [2.75, 3.05) is 11.9 Å². The van der Waals surface area contributed by atoms with E-state index in [1.54, 1.807) is 42.5 Å². The minimum absolute atomic E-state index is 0.0910. The third kappa shape index (κ3) is 3.89. The number of carbonyl (C=O) groups excluding carboxylic acids is 1. The first-order valence-corrected chi connectivity index (χ1v) is 6.75. The van der Waals surface area contributed by atoms with Crippen molar-refractivity contribution in [2.24, 2.45) is 0 Å². The first-order chi connectivity index (χ1) is 9.56. The molecule has 0 spiro atoms. The van der Waals surface area contributed by atoms with Crippen molar-refractivity contribution in [3.8, 4) is 5.75 Å². The largest absolute Gasteiger partial charge is 0.484 e. The van der Waals surface area contributed by atoms with Crippen molar-refractivity contribution in [3.05, 3.63) is 58.1 Å². The normalized spacial score (nSPS) is 10.2. The van der Waals surface area contributed by atoms with Crippen molar-refractivity contribution in [2.45, 2.75) is 6.92 Å². The van der Waals surface area contributed by atoms with E-state index in [9.17, 15) is 4.79 Å². The Morgan fingerprint density at radius 3 is 2.70 bits per heavy atom. The van der Waals surface area contributed by atoms with Gasteiger partial charge in [0.2, 0.25) is 0 Å². The van der Waals surface area contributed by atoms with E-state index in [1.165, 1.54) is 0 Å². The fourth-order valence-corrected chi connectivity index (χ4v) is 1.99. The predicted octanol–water partition coefficient (Wildman–Crippen LogP) is 4.32. The third-order valence-corrected chi connectivity index (χ3v) is 3.35. The van der Waals surface area contributed by atoms with Crippen LogP contribution in [0.1, 0.15) is 5.56 Å². The summed E-state index contributed by atoms with van der Waals surface area (Å²) in [5.41, 5.74) is 1.50. The highest BCUT2D eigenvalue weighted by Gasteiger charge is 2.07. The highest BCUT2D eigenvalue weighted by atomic mass is 35.5. The molecule has 20 heavy (non-hydrogen) atoms. The quantitative estimate of drug-likeness (QED) is 0.913. The number of carbonyl (C=O) groups is 1. The molecule has 5 heteroatoms. The summed E-state index contributed by atoms with van der Waals surface area (Å²) in [6.45, 7) is 1.75. The number of nitrogens with one attached hydrogen (secondary N) is 1. The number of rotatable bonds is 4. The van der Waals surface area contributed by atoms with Crippen LogP contribution in [0.2, 0.25) is 10.0 Å². The van der Waals surface area contributed by atoms with E-state index in [0.717, 1.165) is 5.56 Å². The van der Waals surface area contributed by atoms with Crippen LogP contribution in [0.15, 0.2) is 42.5 Å². The van der Waals surface area contributed by atoms with Crippen LogP contribution in [0, 0.1) is 6.92 Å². The average molecular weight is 310 g/mol. The maximum Gasteiger partial charge on any atom is 0.262 e. The summed E-state index contributed by atoms with van der Waals surface area (Å²) in [5.74, 6) is 0.297. The lowest BCUT2D eigenvalue weighted by Gasteiger charge is -2.10. The zero-order valence-electron chi connectivity index (χ0n) is 10.8. The topological polar surface area (TPSA) is 38.3 Å². The molecule has 0 saturated carbocycles. The predicted molar refractivity (Wildman–Crippen MR) is 81.8 cm³/mol. The van der Waals surface area contributed by atoms with E-state index in [0.29, 0.717) is 21.5 Å². The molecule has 0 saturated heterocycles. The van der Waals surface area contributed by atoms with E-state index in [1.807, 2.05) is 6.92 Å². The van der Waals surface area contributed by atoms with Gasteiger partial charge in [0, 0.05) is 15.7 Å². The molecule has 0 aliphatic rings. The number of hydrogen-bond acceptors (Lipinski definition) is 2. The molecule has 104 valence electrons. The molecule has 0 atom stereocenters. The van der Waals surface area contributed by atoms with Gasteiger partial charge in [0.05, 0.1) is 0 Å². The monoisotopic (exact) mass is 309 g/mol. The number of anilines is 1. The van der Waals surface area contributed by atoms with Crippen LogP contribution in [0.4, 0.5) is 5.69 Å². The fourth-order valence-electron chi connectivity index (χ4n) is 1.63. The summed E-state index contributed by atoms with van der Waals surface area (Å²) < 4.78 is 5.36. The maximum atomic E-state index is 11.8.